The van der Waals surface area contributed by atoms with Gasteiger partial charge in [0.2, 0.25) is 5.95 Å². The fourth-order valence-electron chi connectivity index (χ4n) is 3.05. The highest BCUT2D eigenvalue weighted by molar-refractivity contribution is 5.31. The number of anilines is 1. The molecule has 0 aromatic carbocycles. The molecule has 7 nitrogen and oxygen atoms in total. The van der Waals surface area contributed by atoms with Crippen LogP contribution in [-0.2, 0) is 17.5 Å². The smallest absolute Gasteiger partial charge is 0.433 e. The molecule has 1 saturated heterocycles. The number of aliphatic hydroxyl groups excluding tert-OH is 1. The van der Waals surface area contributed by atoms with Gasteiger partial charge in [-0.25, -0.2) is 9.97 Å². The molecule has 0 spiro atoms. The van der Waals surface area contributed by atoms with Crippen LogP contribution in [-0.4, -0.2) is 65.4 Å². The predicted octanol–water partition coefficient (Wildman–Crippen LogP) is 2.18. The highest BCUT2D eigenvalue weighted by atomic mass is 19.4. The SMILES string of the molecule is OC(COCc1ccco1)CN1CCCN(c2nccc(C(F)(F)F)n2)CC1. The monoisotopic (exact) mass is 400 g/mol. The van der Waals surface area contributed by atoms with E-state index in [1.807, 2.05) is 0 Å². The van der Waals surface area contributed by atoms with Crippen molar-refractivity contribution >= 4 is 5.95 Å². The van der Waals surface area contributed by atoms with Crippen molar-refractivity contribution in [2.45, 2.75) is 25.3 Å². The van der Waals surface area contributed by atoms with Gasteiger partial charge in [0, 0.05) is 32.4 Å². The molecule has 28 heavy (non-hydrogen) atoms. The zero-order chi connectivity index (χ0) is 20.0. The average Bonchev–Trinajstić information content (AvgIpc) is 3.06. The molecule has 1 aliphatic heterocycles. The summed E-state index contributed by atoms with van der Waals surface area (Å²) in [7, 11) is 0. The number of β-amino-alcohol motifs (C(OH)–C–C–N with tert-alkyl or cyclic N) is 1. The van der Waals surface area contributed by atoms with Gasteiger partial charge >= 0.3 is 6.18 Å². The van der Waals surface area contributed by atoms with Crippen molar-refractivity contribution in [3.63, 3.8) is 0 Å². The van der Waals surface area contributed by atoms with Crippen LogP contribution in [0.5, 0.6) is 0 Å². The topological polar surface area (TPSA) is 74.9 Å². The third-order valence-corrected chi connectivity index (χ3v) is 4.41. The largest absolute Gasteiger partial charge is 0.467 e. The van der Waals surface area contributed by atoms with Gasteiger partial charge in [-0.3, -0.25) is 4.90 Å². The molecule has 0 saturated carbocycles. The second-order valence-corrected chi connectivity index (χ2v) is 6.63. The van der Waals surface area contributed by atoms with Crippen molar-refractivity contribution in [3.8, 4) is 0 Å². The molecule has 2 aromatic rings. The van der Waals surface area contributed by atoms with E-state index in [9.17, 15) is 18.3 Å². The third kappa shape index (κ3) is 5.91. The average molecular weight is 400 g/mol. The number of hydrogen-bond acceptors (Lipinski definition) is 7. The number of rotatable bonds is 7. The van der Waals surface area contributed by atoms with E-state index in [0.717, 1.165) is 25.2 Å². The Labute approximate surface area is 160 Å². The summed E-state index contributed by atoms with van der Waals surface area (Å²) >= 11 is 0. The van der Waals surface area contributed by atoms with Crippen LogP contribution in [0.15, 0.2) is 35.1 Å². The quantitative estimate of drug-likeness (QED) is 0.764. The molecule has 1 N–H and O–H groups in total. The molecule has 3 heterocycles. The van der Waals surface area contributed by atoms with Crippen molar-refractivity contribution in [1.29, 1.82) is 0 Å². The maximum Gasteiger partial charge on any atom is 0.433 e. The molecule has 0 radical (unpaired) electrons. The summed E-state index contributed by atoms with van der Waals surface area (Å²) in [5.41, 5.74) is -0.942. The van der Waals surface area contributed by atoms with E-state index in [4.69, 9.17) is 9.15 Å². The summed E-state index contributed by atoms with van der Waals surface area (Å²) in [5.74, 6) is 0.776. The van der Waals surface area contributed by atoms with Crippen LogP contribution in [0.4, 0.5) is 19.1 Å². The third-order valence-electron chi connectivity index (χ3n) is 4.41. The van der Waals surface area contributed by atoms with Crippen LogP contribution in [0.2, 0.25) is 0 Å². The number of hydrogen-bond donors (Lipinski definition) is 1. The van der Waals surface area contributed by atoms with Crippen LogP contribution in [0.1, 0.15) is 17.9 Å². The van der Waals surface area contributed by atoms with E-state index in [1.54, 1.807) is 23.3 Å². The zero-order valence-corrected chi connectivity index (χ0v) is 15.3. The molecule has 3 rings (SSSR count). The molecular formula is C18H23F3N4O3. The Bertz CT molecular complexity index is 727. The number of ether oxygens (including phenoxy) is 1. The molecule has 0 aliphatic carbocycles. The van der Waals surface area contributed by atoms with Crippen LogP contribution >= 0.6 is 0 Å². The first-order chi connectivity index (χ1) is 13.4. The van der Waals surface area contributed by atoms with Crippen molar-refractivity contribution in [3.05, 3.63) is 42.1 Å². The number of aliphatic hydroxyl groups is 1. The lowest BCUT2D eigenvalue weighted by molar-refractivity contribution is -0.141. The van der Waals surface area contributed by atoms with Crippen molar-refractivity contribution in [2.75, 3.05) is 44.2 Å². The molecule has 1 atom stereocenters. The highest BCUT2D eigenvalue weighted by Crippen LogP contribution is 2.28. The summed E-state index contributed by atoms with van der Waals surface area (Å²) < 4.78 is 49.2. The Morgan fingerprint density at radius 1 is 1.21 bits per heavy atom. The Hall–Kier alpha value is -2.17. The Balaban J connectivity index is 1.46. The minimum atomic E-state index is -4.49. The van der Waals surface area contributed by atoms with Crippen molar-refractivity contribution in [1.82, 2.24) is 14.9 Å². The van der Waals surface area contributed by atoms with Gasteiger partial charge in [-0.15, -0.1) is 0 Å². The first-order valence-electron chi connectivity index (χ1n) is 9.07. The van der Waals surface area contributed by atoms with E-state index in [2.05, 4.69) is 14.9 Å². The normalized spacial score (nSPS) is 17.5. The van der Waals surface area contributed by atoms with Gasteiger partial charge < -0.3 is 19.2 Å². The van der Waals surface area contributed by atoms with Crippen molar-refractivity contribution < 1.29 is 27.4 Å². The Morgan fingerprint density at radius 3 is 2.82 bits per heavy atom. The van der Waals surface area contributed by atoms with Crippen molar-refractivity contribution in [2.24, 2.45) is 0 Å². The molecule has 0 amide bonds. The molecule has 1 aliphatic rings. The Morgan fingerprint density at radius 2 is 2.07 bits per heavy atom. The van der Waals surface area contributed by atoms with Gasteiger partial charge in [-0.2, -0.15) is 13.2 Å². The van der Waals surface area contributed by atoms with Gasteiger partial charge in [0.15, 0.2) is 0 Å². The lowest BCUT2D eigenvalue weighted by Crippen LogP contribution is -2.38. The van der Waals surface area contributed by atoms with Gasteiger partial charge in [0.05, 0.1) is 19.0 Å². The lowest BCUT2D eigenvalue weighted by atomic mass is 10.3. The molecule has 154 valence electrons. The second kappa shape index (κ2) is 9.35. The molecule has 1 unspecified atom stereocenters. The van der Waals surface area contributed by atoms with Gasteiger partial charge in [-0.05, 0) is 31.2 Å². The molecule has 2 aromatic heterocycles. The van der Waals surface area contributed by atoms with Gasteiger partial charge in [0.1, 0.15) is 18.1 Å². The molecule has 1 fully saturated rings. The fraction of sp³-hybridized carbons (Fsp3) is 0.556. The predicted molar refractivity (Wildman–Crippen MR) is 94.7 cm³/mol. The number of halogens is 3. The zero-order valence-electron chi connectivity index (χ0n) is 15.3. The summed E-state index contributed by atoms with van der Waals surface area (Å²) in [6, 6.07) is 4.44. The number of nitrogens with zero attached hydrogens (tertiary/aromatic N) is 4. The Kier molecular flexibility index (Phi) is 6.87. The number of alkyl halides is 3. The van der Waals surface area contributed by atoms with E-state index in [-0.39, 0.29) is 12.6 Å². The minimum Gasteiger partial charge on any atom is -0.467 e. The lowest BCUT2D eigenvalue weighted by Gasteiger charge is -2.24. The summed E-state index contributed by atoms with van der Waals surface area (Å²) in [4.78, 5) is 11.4. The highest BCUT2D eigenvalue weighted by Gasteiger charge is 2.33. The van der Waals surface area contributed by atoms with Gasteiger partial charge in [-0.1, -0.05) is 0 Å². The molecule has 0 bridgehead atoms. The van der Waals surface area contributed by atoms with Crippen LogP contribution in [0.25, 0.3) is 0 Å². The summed E-state index contributed by atoms with van der Waals surface area (Å²) in [6.45, 7) is 3.27. The standard InChI is InChI=1S/C18H23F3N4O3/c19-18(20,21)16-4-5-22-17(23-16)25-7-2-6-24(8-9-25)11-14(26)12-27-13-15-3-1-10-28-15/h1,3-5,10,14,26H,2,6-9,11-13H2. The maximum absolute atomic E-state index is 12.8. The fourth-order valence-corrected chi connectivity index (χ4v) is 3.05. The van der Waals surface area contributed by atoms with E-state index >= 15 is 0 Å². The number of aromatic nitrogens is 2. The van der Waals surface area contributed by atoms with E-state index in [0.29, 0.717) is 38.5 Å². The number of furan rings is 1. The first kappa shape index (κ1) is 20.6. The summed E-state index contributed by atoms with van der Waals surface area (Å²) in [6.07, 6.45) is -1.72. The van der Waals surface area contributed by atoms with Gasteiger partial charge in [0.25, 0.3) is 0 Å². The molecular weight excluding hydrogens is 377 g/mol. The second-order valence-electron chi connectivity index (χ2n) is 6.63. The summed E-state index contributed by atoms with van der Waals surface area (Å²) in [5, 5.41) is 10.2. The van der Waals surface area contributed by atoms with Crippen LogP contribution in [0, 0.1) is 0 Å². The minimum absolute atomic E-state index is 0.0824. The van der Waals surface area contributed by atoms with Crippen LogP contribution in [0.3, 0.4) is 0 Å². The van der Waals surface area contributed by atoms with E-state index < -0.39 is 18.0 Å². The van der Waals surface area contributed by atoms with Crippen LogP contribution < -0.4 is 4.90 Å². The molecule has 10 heteroatoms. The maximum atomic E-state index is 12.8. The van der Waals surface area contributed by atoms with E-state index in [1.165, 1.54) is 0 Å². The first-order valence-corrected chi connectivity index (χ1v) is 9.07.